The maximum Gasteiger partial charge on any atom is 0.120 e. The van der Waals surface area contributed by atoms with Crippen molar-refractivity contribution < 1.29 is 4.74 Å². The van der Waals surface area contributed by atoms with E-state index in [1.807, 2.05) is 19.1 Å². The van der Waals surface area contributed by atoms with Crippen molar-refractivity contribution in [3.8, 4) is 5.75 Å². The molecule has 2 aliphatic carbocycles. The minimum absolute atomic E-state index is 0.363. The minimum Gasteiger partial charge on any atom is -0.490 e. The van der Waals surface area contributed by atoms with Crippen LogP contribution in [-0.4, -0.2) is 18.7 Å². The van der Waals surface area contributed by atoms with Crippen molar-refractivity contribution in [3.05, 3.63) is 28.8 Å². The zero-order valence-corrected chi connectivity index (χ0v) is 13.9. The molecule has 1 N–H and O–H groups in total. The third kappa shape index (κ3) is 2.80. The van der Waals surface area contributed by atoms with Crippen LogP contribution in [0.3, 0.4) is 0 Å². The maximum atomic E-state index is 6.36. The van der Waals surface area contributed by atoms with E-state index < -0.39 is 0 Å². The molecule has 2 nitrogen and oxygen atoms in total. The van der Waals surface area contributed by atoms with Gasteiger partial charge in [-0.25, -0.2) is 0 Å². The largest absolute Gasteiger partial charge is 0.490 e. The van der Waals surface area contributed by atoms with Crippen molar-refractivity contribution in [1.82, 2.24) is 5.32 Å². The molecule has 3 rings (SSSR count). The number of ether oxygens (including phenoxy) is 1. The van der Waals surface area contributed by atoms with Crippen LogP contribution < -0.4 is 10.1 Å². The summed E-state index contributed by atoms with van der Waals surface area (Å²) in [6.07, 6.45) is 8.19. The van der Waals surface area contributed by atoms with Crippen LogP contribution in [0.25, 0.3) is 0 Å². The molecule has 1 aromatic rings. The summed E-state index contributed by atoms with van der Waals surface area (Å²) in [5, 5.41) is 4.49. The topological polar surface area (TPSA) is 21.3 Å². The van der Waals surface area contributed by atoms with E-state index in [2.05, 4.69) is 18.3 Å². The summed E-state index contributed by atoms with van der Waals surface area (Å²) in [4.78, 5) is 0. The molecule has 116 valence electrons. The minimum atomic E-state index is 0.363. The Hall–Kier alpha value is -0.730. The van der Waals surface area contributed by atoms with Crippen LogP contribution in [-0.2, 0) is 0 Å². The second-order valence-corrected chi connectivity index (χ2v) is 7.06. The molecule has 2 aliphatic rings. The van der Waals surface area contributed by atoms with E-state index in [4.69, 9.17) is 16.3 Å². The quantitative estimate of drug-likeness (QED) is 0.868. The Bertz CT molecular complexity index is 496. The summed E-state index contributed by atoms with van der Waals surface area (Å²) in [5.41, 5.74) is 1.45. The molecule has 0 aliphatic heterocycles. The molecular weight excluding hydrogens is 282 g/mol. The third-order valence-corrected chi connectivity index (χ3v) is 5.85. The van der Waals surface area contributed by atoms with Crippen molar-refractivity contribution in [2.24, 2.45) is 5.41 Å². The van der Waals surface area contributed by atoms with E-state index in [9.17, 15) is 0 Å². The standard InChI is InChI=1S/C18H26ClNO/c1-3-20-16-12-17(18(16)9-5-4-6-10-18)21-14-7-8-15(19)13(2)11-14/h7-8,11,16-17,20H,3-6,9-10,12H2,1-2H3. The molecule has 0 aromatic heterocycles. The van der Waals surface area contributed by atoms with Gasteiger partial charge in [-0.15, -0.1) is 0 Å². The maximum absolute atomic E-state index is 6.36. The molecule has 1 spiro atoms. The monoisotopic (exact) mass is 307 g/mol. The van der Waals surface area contributed by atoms with Crippen molar-refractivity contribution in [2.45, 2.75) is 64.5 Å². The first kappa shape index (κ1) is 15.2. The first-order chi connectivity index (χ1) is 10.2. The second kappa shape index (κ2) is 6.18. The lowest BCUT2D eigenvalue weighted by Crippen LogP contribution is -2.65. The number of nitrogens with one attached hydrogen (secondary N) is 1. The number of hydrogen-bond acceptors (Lipinski definition) is 2. The summed E-state index contributed by atoms with van der Waals surface area (Å²) in [6.45, 7) is 5.29. The summed E-state index contributed by atoms with van der Waals surface area (Å²) in [7, 11) is 0. The van der Waals surface area contributed by atoms with Crippen LogP contribution in [0.4, 0.5) is 0 Å². The molecule has 2 unspecified atom stereocenters. The zero-order valence-electron chi connectivity index (χ0n) is 13.1. The number of rotatable bonds is 4. The predicted molar refractivity (Wildman–Crippen MR) is 88.2 cm³/mol. The summed E-state index contributed by atoms with van der Waals surface area (Å²) in [6, 6.07) is 6.66. The Morgan fingerprint density at radius 3 is 2.71 bits per heavy atom. The second-order valence-electron chi connectivity index (χ2n) is 6.66. The Morgan fingerprint density at radius 1 is 1.29 bits per heavy atom. The first-order valence-corrected chi connectivity index (χ1v) is 8.70. The van der Waals surface area contributed by atoms with E-state index in [-0.39, 0.29) is 0 Å². The normalized spacial score (nSPS) is 27.4. The summed E-state index contributed by atoms with van der Waals surface area (Å²) in [5.74, 6) is 0.974. The van der Waals surface area contributed by atoms with E-state index in [1.54, 1.807) is 0 Å². The molecule has 2 fully saturated rings. The number of benzene rings is 1. The third-order valence-electron chi connectivity index (χ3n) is 5.43. The zero-order chi connectivity index (χ0) is 14.9. The van der Waals surface area contributed by atoms with Crippen molar-refractivity contribution in [3.63, 3.8) is 0 Å². The smallest absolute Gasteiger partial charge is 0.120 e. The Kier molecular flexibility index (Phi) is 4.46. The molecule has 3 heteroatoms. The molecule has 1 aromatic carbocycles. The van der Waals surface area contributed by atoms with Gasteiger partial charge in [0.2, 0.25) is 0 Å². The average Bonchev–Trinajstić information content (AvgIpc) is 2.50. The van der Waals surface area contributed by atoms with Crippen LogP contribution in [0.15, 0.2) is 18.2 Å². The van der Waals surface area contributed by atoms with E-state index in [1.165, 1.54) is 32.1 Å². The van der Waals surface area contributed by atoms with Gasteiger partial charge in [-0.2, -0.15) is 0 Å². The van der Waals surface area contributed by atoms with Crippen LogP contribution in [0.2, 0.25) is 5.02 Å². The van der Waals surface area contributed by atoms with Gasteiger partial charge in [-0.3, -0.25) is 0 Å². The Labute approximate surface area is 133 Å². The highest BCUT2D eigenvalue weighted by Gasteiger charge is 2.56. The highest BCUT2D eigenvalue weighted by Crippen LogP contribution is 2.53. The molecule has 0 saturated heterocycles. The highest BCUT2D eigenvalue weighted by atomic mass is 35.5. The molecule has 21 heavy (non-hydrogen) atoms. The van der Waals surface area contributed by atoms with Gasteiger partial charge in [0.1, 0.15) is 11.9 Å². The van der Waals surface area contributed by atoms with Gasteiger partial charge in [0.15, 0.2) is 0 Å². The number of hydrogen-bond donors (Lipinski definition) is 1. The fraction of sp³-hybridized carbons (Fsp3) is 0.667. The lowest BCUT2D eigenvalue weighted by molar-refractivity contribution is -0.102. The van der Waals surface area contributed by atoms with Crippen LogP contribution in [0.1, 0.15) is 51.0 Å². The van der Waals surface area contributed by atoms with Gasteiger partial charge in [0.25, 0.3) is 0 Å². The molecule has 2 saturated carbocycles. The lowest BCUT2D eigenvalue weighted by Gasteiger charge is -2.57. The van der Waals surface area contributed by atoms with Crippen LogP contribution >= 0.6 is 11.6 Å². The van der Waals surface area contributed by atoms with Gasteiger partial charge in [-0.05, 0) is 50.1 Å². The lowest BCUT2D eigenvalue weighted by atomic mass is 9.55. The van der Waals surface area contributed by atoms with Gasteiger partial charge < -0.3 is 10.1 Å². The summed E-state index contributed by atoms with van der Waals surface area (Å²) < 4.78 is 6.36. The van der Waals surface area contributed by atoms with E-state index in [0.717, 1.165) is 29.3 Å². The number of halogens is 1. The molecule has 0 radical (unpaired) electrons. The predicted octanol–water partition coefficient (Wildman–Crippen LogP) is 4.73. The van der Waals surface area contributed by atoms with Crippen molar-refractivity contribution in [1.29, 1.82) is 0 Å². The average molecular weight is 308 g/mol. The van der Waals surface area contributed by atoms with Gasteiger partial charge in [0.05, 0.1) is 0 Å². The molecule has 0 heterocycles. The van der Waals surface area contributed by atoms with Crippen LogP contribution in [0, 0.1) is 12.3 Å². The van der Waals surface area contributed by atoms with E-state index >= 15 is 0 Å². The highest BCUT2D eigenvalue weighted by molar-refractivity contribution is 6.31. The molecular formula is C18H26ClNO. The summed E-state index contributed by atoms with van der Waals surface area (Å²) >= 11 is 6.11. The SMILES string of the molecule is CCNC1CC(Oc2ccc(Cl)c(C)c2)C12CCCCC2. The molecule has 2 atom stereocenters. The van der Waals surface area contributed by atoms with E-state index in [0.29, 0.717) is 17.6 Å². The van der Waals surface area contributed by atoms with Gasteiger partial charge >= 0.3 is 0 Å². The van der Waals surface area contributed by atoms with Gasteiger partial charge in [-0.1, -0.05) is 37.8 Å². The van der Waals surface area contributed by atoms with Gasteiger partial charge in [0, 0.05) is 22.9 Å². The fourth-order valence-corrected chi connectivity index (χ4v) is 4.30. The Morgan fingerprint density at radius 2 is 2.05 bits per heavy atom. The molecule has 0 amide bonds. The first-order valence-electron chi connectivity index (χ1n) is 8.32. The number of aryl methyl sites for hydroxylation is 1. The Balaban J connectivity index is 1.73. The molecule has 0 bridgehead atoms. The van der Waals surface area contributed by atoms with Crippen molar-refractivity contribution in [2.75, 3.05) is 6.54 Å². The van der Waals surface area contributed by atoms with Crippen LogP contribution in [0.5, 0.6) is 5.75 Å². The fourth-order valence-electron chi connectivity index (χ4n) is 4.18. The van der Waals surface area contributed by atoms with Crippen molar-refractivity contribution >= 4 is 11.6 Å².